The molecule has 158 valence electrons. The van der Waals surface area contributed by atoms with E-state index in [0.29, 0.717) is 5.52 Å². The number of ether oxygens (including phenoxy) is 3. The third-order valence-corrected chi connectivity index (χ3v) is 4.93. The number of aliphatic hydroxyl groups is 3. The maximum atomic E-state index is 10.6. The van der Waals surface area contributed by atoms with E-state index in [0.717, 1.165) is 12.8 Å². The zero-order chi connectivity index (χ0) is 21.2. The van der Waals surface area contributed by atoms with Gasteiger partial charge in [-0.1, -0.05) is 13.3 Å². The van der Waals surface area contributed by atoms with E-state index in [-0.39, 0.29) is 24.2 Å². The van der Waals surface area contributed by atoms with Gasteiger partial charge in [0.25, 0.3) is 6.48 Å². The highest BCUT2D eigenvalue weighted by Gasteiger charge is 2.57. The number of rotatable bonds is 8. The number of aromatic nitrogens is 3. The molecule has 3 rings (SSSR count). The summed E-state index contributed by atoms with van der Waals surface area (Å²) < 4.78 is 17.5. The molecule has 3 heterocycles. The second kappa shape index (κ2) is 8.58. The van der Waals surface area contributed by atoms with Gasteiger partial charge in [-0.3, -0.25) is 0 Å². The monoisotopic (exact) mass is 407 g/mol. The molecule has 11 nitrogen and oxygen atoms in total. The van der Waals surface area contributed by atoms with Gasteiger partial charge in [0.2, 0.25) is 5.60 Å². The summed E-state index contributed by atoms with van der Waals surface area (Å²) in [6.07, 6.45) is -1.51. The molecule has 0 spiro atoms. The molecule has 29 heavy (non-hydrogen) atoms. The van der Waals surface area contributed by atoms with Gasteiger partial charge in [-0.05, 0) is 25.5 Å². The molecule has 2 aromatic heterocycles. The second-order valence-electron chi connectivity index (χ2n) is 6.98. The van der Waals surface area contributed by atoms with Gasteiger partial charge in [0, 0.05) is 0 Å². The van der Waals surface area contributed by atoms with Gasteiger partial charge in [-0.2, -0.15) is 10.4 Å². The van der Waals surface area contributed by atoms with Crippen molar-refractivity contribution in [1.29, 1.82) is 5.26 Å². The maximum absolute atomic E-state index is 10.6. The van der Waals surface area contributed by atoms with E-state index in [1.807, 2.05) is 13.0 Å². The van der Waals surface area contributed by atoms with Gasteiger partial charge in [-0.25, -0.2) is 9.50 Å². The molecule has 0 radical (unpaired) electrons. The number of anilines is 1. The summed E-state index contributed by atoms with van der Waals surface area (Å²) in [5.41, 5.74) is 4.51. The van der Waals surface area contributed by atoms with Crippen molar-refractivity contribution < 1.29 is 29.5 Å². The highest BCUT2D eigenvalue weighted by Crippen LogP contribution is 2.40. The van der Waals surface area contributed by atoms with E-state index >= 15 is 0 Å². The zero-order valence-electron chi connectivity index (χ0n) is 16.2. The Morgan fingerprint density at radius 3 is 2.90 bits per heavy atom. The smallest absolute Gasteiger partial charge is 0.269 e. The molecule has 5 N–H and O–H groups in total. The Hall–Kier alpha value is -2.33. The number of nitrogens with two attached hydrogens (primary N) is 1. The van der Waals surface area contributed by atoms with Gasteiger partial charge >= 0.3 is 0 Å². The van der Waals surface area contributed by atoms with Crippen LogP contribution in [0.15, 0.2) is 18.5 Å². The molecule has 0 saturated carbocycles. The number of nitrogen functional groups attached to an aromatic ring is 1. The number of aliphatic hydroxyl groups excluding tert-OH is 3. The lowest BCUT2D eigenvalue weighted by molar-refractivity contribution is -0.289. The molecule has 0 bridgehead atoms. The minimum absolute atomic E-state index is 0.187. The third-order valence-electron chi connectivity index (χ3n) is 4.93. The average molecular weight is 407 g/mol. The van der Waals surface area contributed by atoms with E-state index in [1.54, 1.807) is 13.0 Å². The van der Waals surface area contributed by atoms with Gasteiger partial charge < -0.3 is 35.3 Å². The number of nitriles is 1. The van der Waals surface area contributed by atoms with Crippen molar-refractivity contribution in [3.8, 4) is 6.07 Å². The Morgan fingerprint density at radius 2 is 2.21 bits per heavy atom. The summed E-state index contributed by atoms with van der Waals surface area (Å²) in [6, 6.07) is 5.04. The fourth-order valence-corrected chi connectivity index (χ4v) is 3.44. The van der Waals surface area contributed by atoms with Crippen LogP contribution in [-0.2, 0) is 19.8 Å². The minimum Gasteiger partial charge on any atom is -0.387 e. The largest absolute Gasteiger partial charge is 0.387 e. The first kappa shape index (κ1) is 21.4. The highest BCUT2D eigenvalue weighted by molar-refractivity contribution is 5.66. The summed E-state index contributed by atoms with van der Waals surface area (Å²) in [7, 11) is 0. The van der Waals surface area contributed by atoms with Crippen LogP contribution in [0.1, 0.15) is 32.4 Å². The van der Waals surface area contributed by atoms with Crippen molar-refractivity contribution in [3.05, 3.63) is 24.2 Å². The predicted molar refractivity (Wildman–Crippen MR) is 99.0 cm³/mol. The molecular weight excluding hydrogens is 382 g/mol. The first-order valence-corrected chi connectivity index (χ1v) is 9.33. The third kappa shape index (κ3) is 3.91. The number of nitrogens with zero attached hydrogens (tertiary/aromatic N) is 4. The van der Waals surface area contributed by atoms with Crippen LogP contribution in [0.4, 0.5) is 5.82 Å². The number of hydrogen-bond donors (Lipinski definition) is 4. The van der Waals surface area contributed by atoms with Crippen LogP contribution < -0.4 is 5.73 Å². The van der Waals surface area contributed by atoms with Crippen LogP contribution in [0, 0.1) is 11.3 Å². The molecular formula is C18H25N5O6. The number of fused-ring (bicyclic) bond motifs is 1. The fraction of sp³-hybridized carbons (Fsp3) is 0.611. The minimum atomic E-state index is -1.91. The Balaban J connectivity index is 1.78. The van der Waals surface area contributed by atoms with Crippen molar-refractivity contribution in [1.82, 2.24) is 14.6 Å². The maximum Gasteiger partial charge on any atom is 0.269 e. The first-order chi connectivity index (χ1) is 13.8. The summed E-state index contributed by atoms with van der Waals surface area (Å²) >= 11 is 0. The van der Waals surface area contributed by atoms with Crippen molar-refractivity contribution in [2.24, 2.45) is 0 Å². The Morgan fingerprint density at radius 1 is 1.45 bits per heavy atom. The molecule has 1 unspecified atom stereocenters. The normalized spacial score (nSPS) is 29.0. The first-order valence-electron chi connectivity index (χ1n) is 9.33. The van der Waals surface area contributed by atoms with E-state index < -0.39 is 30.4 Å². The molecule has 6 atom stereocenters. The Labute approximate surface area is 167 Å². The Bertz CT molecular complexity index is 885. The van der Waals surface area contributed by atoms with Crippen LogP contribution in [-0.4, -0.2) is 67.4 Å². The molecule has 1 saturated heterocycles. The summed E-state index contributed by atoms with van der Waals surface area (Å²) in [5.74, 6) is 0.189. The van der Waals surface area contributed by atoms with Crippen LogP contribution in [0.5, 0.6) is 0 Å². The van der Waals surface area contributed by atoms with Gasteiger partial charge in [0.05, 0.1) is 18.4 Å². The highest BCUT2D eigenvalue weighted by atomic mass is 16.8. The van der Waals surface area contributed by atoms with Crippen molar-refractivity contribution in [2.75, 3.05) is 12.3 Å². The topological polar surface area (TPSA) is 168 Å². The lowest BCUT2D eigenvalue weighted by Crippen LogP contribution is -2.41. The second-order valence-corrected chi connectivity index (χ2v) is 6.98. The van der Waals surface area contributed by atoms with Gasteiger partial charge in [0.1, 0.15) is 36.2 Å². The predicted octanol–water partition coefficient (Wildman–Crippen LogP) is -0.351. The van der Waals surface area contributed by atoms with E-state index in [4.69, 9.17) is 19.9 Å². The quantitative estimate of drug-likeness (QED) is 0.424. The molecule has 0 amide bonds. The number of hydrogen-bond acceptors (Lipinski definition) is 10. The standard InChI is InChI=1S/C18H25N5O6/c1-3-4-10(2)28-17(26)27-7-12-14(24)15(25)18(8-19,29-12)13-6-5-11-16(20)21-9-22-23(11)13/h5-6,9-10,12,14-15,17,24-26H,3-4,7H2,1-2H3,(H2,20,21,22)/t10-,12+,14+,15+,17?,18-/m0/s1. The average Bonchev–Trinajstić information content (AvgIpc) is 3.23. The summed E-state index contributed by atoms with van der Waals surface area (Å²) in [5, 5.41) is 44.8. The van der Waals surface area contributed by atoms with Crippen LogP contribution in [0.2, 0.25) is 0 Å². The van der Waals surface area contributed by atoms with Crippen molar-refractivity contribution in [3.63, 3.8) is 0 Å². The van der Waals surface area contributed by atoms with Gasteiger partial charge in [0.15, 0.2) is 5.82 Å². The van der Waals surface area contributed by atoms with Crippen LogP contribution in [0.3, 0.4) is 0 Å². The fourth-order valence-electron chi connectivity index (χ4n) is 3.44. The van der Waals surface area contributed by atoms with E-state index in [9.17, 15) is 20.6 Å². The zero-order valence-corrected chi connectivity index (χ0v) is 16.2. The molecule has 11 heteroatoms. The van der Waals surface area contributed by atoms with E-state index in [2.05, 4.69) is 10.1 Å². The summed E-state index contributed by atoms with van der Waals surface area (Å²) in [6.45, 7) is 1.96. The molecule has 1 fully saturated rings. The molecule has 2 aromatic rings. The van der Waals surface area contributed by atoms with Crippen molar-refractivity contribution in [2.45, 2.75) is 63.2 Å². The Kier molecular flexibility index (Phi) is 6.33. The molecule has 1 aliphatic rings. The van der Waals surface area contributed by atoms with Crippen LogP contribution in [0.25, 0.3) is 5.52 Å². The summed E-state index contributed by atoms with van der Waals surface area (Å²) in [4.78, 5) is 3.88. The molecule has 0 aliphatic carbocycles. The molecule has 1 aliphatic heterocycles. The SMILES string of the molecule is CCC[C@H](C)OC(O)OC[C@H]1O[C@@](C#N)(c2ccc3c(N)ncnn23)[C@H](O)[C@@H]1O. The lowest BCUT2D eigenvalue weighted by Gasteiger charge is -2.24. The molecule has 0 aromatic carbocycles. The van der Waals surface area contributed by atoms with E-state index in [1.165, 1.54) is 16.9 Å². The van der Waals surface area contributed by atoms with Gasteiger partial charge in [-0.15, -0.1) is 0 Å². The lowest BCUT2D eigenvalue weighted by atomic mass is 9.92. The van der Waals surface area contributed by atoms with Crippen molar-refractivity contribution >= 4 is 11.3 Å². The van der Waals surface area contributed by atoms with Crippen LogP contribution >= 0.6 is 0 Å².